The molecular weight excluding hydrogens is 396 g/mol. The number of carbonyl (C=O) groups excluding carboxylic acids is 1. The minimum Gasteiger partial charge on any atom is -0.512 e. The van der Waals surface area contributed by atoms with Gasteiger partial charge in [-0.2, -0.15) is 0 Å². The molecule has 2 aliphatic heterocycles. The lowest BCUT2D eigenvalue weighted by Gasteiger charge is -2.39. The van der Waals surface area contributed by atoms with E-state index in [1.54, 1.807) is 13.8 Å². The molecule has 0 aliphatic carbocycles. The lowest BCUT2D eigenvalue weighted by Crippen LogP contribution is -2.47. The highest BCUT2D eigenvalue weighted by atomic mass is 32.2. The van der Waals surface area contributed by atoms with Crippen LogP contribution < -0.4 is 0 Å². The van der Waals surface area contributed by atoms with Crippen LogP contribution in [0.25, 0.3) is 0 Å². The third kappa shape index (κ3) is 5.08. The second-order valence-electron chi connectivity index (χ2n) is 8.08. The molecule has 1 aromatic rings. The smallest absolute Gasteiger partial charge is 0.233 e. The fourth-order valence-corrected chi connectivity index (χ4v) is 5.79. The second-order valence-corrected chi connectivity index (χ2v) is 9.07. The number of nitrogens with one attached hydrogen (secondary N) is 1. The Labute approximate surface area is 183 Å². The summed E-state index contributed by atoms with van der Waals surface area (Å²) in [5.41, 5.74) is 3.16. The number of nitrogens with zero attached hydrogens (tertiary/aromatic N) is 1. The summed E-state index contributed by atoms with van der Waals surface area (Å²) >= 11 is 1.47. The Bertz CT molecular complexity index is 881. The monoisotopic (exact) mass is 426 g/mol. The van der Waals surface area contributed by atoms with Crippen LogP contribution in [-0.4, -0.2) is 56.9 Å². The van der Waals surface area contributed by atoms with E-state index in [1.165, 1.54) is 17.3 Å². The Kier molecular flexibility index (Phi) is 7.63. The van der Waals surface area contributed by atoms with Crippen molar-refractivity contribution in [1.29, 1.82) is 5.41 Å². The lowest BCUT2D eigenvalue weighted by molar-refractivity contribution is -0.132. The number of carbonyl (C=O) groups is 1. The van der Waals surface area contributed by atoms with Gasteiger partial charge in [0.15, 0.2) is 0 Å². The van der Waals surface area contributed by atoms with Gasteiger partial charge >= 0.3 is 0 Å². The Balaban J connectivity index is 1.64. The molecule has 3 atom stereocenters. The summed E-state index contributed by atoms with van der Waals surface area (Å²) < 4.78 is 0. The number of benzene rings is 1. The lowest BCUT2D eigenvalue weighted by atomic mass is 9.83. The predicted molar refractivity (Wildman–Crippen MR) is 122 cm³/mol. The van der Waals surface area contributed by atoms with Crippen LogP contribution in [0.15, 0.2) is 35.6 Å². The summed E-state index contributed by atoms with van der Waals surface area (Å²) in [7, 11) is 0. The van der Waals surface area contributed by atoms with E-state index in [4.69, 9.17) is 10.5 Å². The van der Waals surface area contributed by atoms with Crippen LogP contribution in [0, 0.1) is 17.3 Å². The molecule has 0 radical (unpaired) electrons. The first kappa shape index (κ1) is 22.5. The molecular formula is C24H30N2O3S. The number of hydrogen-bond donors (Lipinski definition) is 3. The summed E-state index contributed by atoms with van der Waals surface area (Å²) in [6, 6.07) is 8.67. The van der Waals surface area contributed by atoms with Crippen molar-refractivity contribution in [3.8, 4) is 11.8 Å². The first-order valence-corrected chi connectivity index (χ1v) is 11.6. The molecule has 1 aromatic carbocycles. The van der Waals surface area contributed by atoms with Crippen molar-refractivity contribution in [1.82, 2.24) is 4.90 Å². The number of rotatable bonds is 6. The van der Waals surface area contributed by atoms with E-state index in [-0.39, 0.29) is 30.4 Å². The van der Waals surface area contributed by atoms with Gasteiger partial charge in [-0.15, -0.1) is 11.8 Å². The molecule has 3 rings (SSSR count). The van der Waals surface area contributed by atoms with Gasteiger partial charge in [0.1, 0.15) is 6.61 Å². The average molecular weight is 427 g/mol. The number of allylic oxidation sites excluding steroid dienone is 1. The second kappa shape index (κ2) is 10.2. The van der Waals surface area contributed by atoms with E-state index in [2.05, 4.69) is 22.8 Å². The van der Waals surface area contributed by atoms with Crippen molar-refractivity contribution in [3.63, 3.8) is 0 Å². The number of fused-ring (bicyclic) bond motifs is 2. The van der Waals surface area contributed by atoms with E-state index in [0.29, 0.717) is 28.7 Å². The number of thioether (sulfide) groups is 1. The molecule has 2 unspecified atom stereocenters. The summed E-state index contributed by atoms with van der Waals surface area (Å²) in [6.07, 6.45) is 3.99. The molecule has 30 heavy (non-hydrogen) atoms. The summed E-state index contributed by atoms with van der Waals surface area (Å²) in [6.45, 7) is 3.10. The maximum Gasteiger partial charge on any atom is 0.233 e. The largest absolute Gasteiger partial charge is 0.512 e. The Morgan fingerprint density at radius 2 is 1.87 bits per heavy atom. The van der Waals surface area contributed by atoms with Crippen molar-refractivity contribution in [3.05, 3.63) is 46.7 Å². The third-order valence-electron chi connectivity index (χ3n) is 6.09. The topological polar surface area (TPSA) is 84.6 Å². The van der Waals surface area contributed by atoms with Crippen molar-refractivity contribution in [2.24, 2.45) is 0 Å². The zero-order chi connectivity index (χ0) is 21.7. The van der Waals surface area contributed by atoms with Crippen LogP contribution in [0.2, 0.25) is 0 Å². The van der Waals surface area contributed by atoms with Crippen LogP contribution >= 0.6 is 11.8 Å². The molecule has 2 saturated heterocycles. The molecule has 3 N–H and O–H groups in total. The highest BCUT2D eigenvalue weighted by molar-refractivity contribution is 8.00. The van der Waals surface area contributed by atoms with Crippen molar-refractivity contribution < 1.29 is 15.0 Å². The Morgan fingerprint density at radius 3 is 2.47 bits per heavy atom. The van der Waals surface area contributed by atoms with Gasteiger partial charge in [0, 0.05) is 34.7 Å². The average Bonchev–Trinajstić information content (AvgIpc) is 2.98. The fraction of sp³-hybridized carbons (Fsp3) is 0.500. The molecule has 5 nitrogen and oxygen atoms in total. The van der Waals surface area contributed by atoms with Crippen LogP contribution in [0.5, 0.6) is 0 Å². The Hall–Kier alpha value is -2.23. The molecule has 2 aliphatic rings. The molecule has 1 amide bonds. The van der Waals surface area contributed by atoms with Gasteiger partial charge < -0.3 is 20.5 Å². The van der Waals surface area contributed by atoms with Gasteiger partial charge in [0.25, 0.3) is 0 Å². The summed E-state index contributed by atoms with van der Waals surface area (Å²) in [4.78, 5) is 15.0. The Morgan fingerprint density at radius 1 is 1.20 bits per heavy atom. The molecule has 2 bridgehead atoms. The minimum absolute atomic E-state index is 0.144. The molecule has 160 valence electrons. The highest BCUT2D eigenvalue weighted by Crippen LogP contribution is 2.44. The van der Waals surface area contributed by atoms with Gasteiger partial charge in [-0.1, -0.05) is 30.0 Å². The number of aliphatic hydroxyl groups is 2. The zero-order valence-corrected chi connectivity index (χ0v) is 18.5. The van der Waals surface area contributed by atoms with E-state index in [0.717, 1.165) is 31.2 Å². The quantitative estimate of drug-likeness (QED) is 0.366. The van der Waals surface area contributed by atoms with Gasteiger partial charge in [-0.3, -0.25) is 4.79 Å². The van der Waals surface area contributed by atoms with Gasteiger partial charge in [-0.05, 0) is 57.1 Å². The van der Waals surface area contributed by atoms with Gasteiger partial charge in [0.2, 0.25) is 5.91 Å². The van der Waals surface area contributed by atoms with Gasteiger partial charge in [-0.25, -0.2) is 0 Å². The maximum atomic E-state index is 13.0. The van der Waals surface area contributed by atoms with E-state index in [9.17, 15) is 9.90 Å². The van der Waals surface area contributed by atoms with E-state index >= 15 is 0 Å². The van der Waals surface area contributed by atoms with Crippen LogP contribution in [-0.2, 0) is 4.79 Å². The van der Waals surface area contributed by atoms with Crippen LogP contribution in [0.1, 0.15) is 56.6 Å². The van der Waals surface area contributed by atoms with Crippen LogP contribution in [0.4, 0.5) is 0 Å². The first-order valence-electron chi connectivity index (χ1n) is 10.4. The summed E-state index contributed by atoms with van der Waals surface area (Å²) in [5.74, 6) is 7.39. The van der Waals surface area contributed by atoms with Gasteiger partial charge in [0.05, 0.1) is 11.5 Å². The zero-order valence-electron chi connectivity index (χ0n) is 17.6. The predicted octanol–water partition coefficient (Wildman–Crippen LogP) is 3.87. The van der Waals surface area contributed by atoms with Crippen molar-refractivity contribution in [2.45, 2.75) is 57.5 Å². The van der Waals surface area contributed by atoms with E-state index < -0.39 is 0 Å². The number of amides is 1. The fourth-order valence-electron chi connectivity index (χ4n) is 4.74. The number of hydrogen-bond acceptors (Lipinski definition) is 5. The molecule has 2 heterocycles. The SMILES string of the molecule is CC(=N)/C(CSCC(=O)N1C2CC[C@H]1CC(c1ccccc1C#CCO)C2)=C(/C)O. The molecule has 2 fully saturated rings. The first-order chi connectivity index (χ1) is 14.4. The van der Waals surface area contributed by atoms with Crippen molar-refractivity contribution in [2.75, 3.05) is 18.1 Å². The third-order valence-corrected chi connectivity index (χ3v) is 7.03. The van der Waals surface area contributed by atoms with Crippen molar-refractivity contribution >= 4 is 23.4 Å². The molecule has 0 spiro atoms. The number of aliphatic hydroxyl groups excluding tert-OH is 2. The standard InChI is InChI=1S/C24H30N2O3S/c1-16(25)23(17(2)28)14-30-15-24(29)26-20-9-10-21(26)13-19(12-20)22-8-4-3-6-18(22)7-5-11-27/h3-4,6,8,19-21,25,27-28H,9-15H2,1-2H3/b23-17-,25-16?/t19?,20-,21?/m0/s1. The molecule has 6 heteroatoms. The van der Waals surface area contributed by atoms with Crippen LogP contribution in [0.3, 0.4) is 0 Å². The maximum absolute atomic E-state index is 13.0. The number of piperidine rings is 1. The summed E-state index contributed by atoms with van der Waals surface area (Å²) in [5, 5.41) is 26.5. The molecule has 0 aromatic heterocycles. The highest BCUT2D eigenvalue weighted by Gasteiger charge is 2.43. The molecule has 0 saturated carbocycles. The van der Waals surface area contributed by atoms with E-state index in [1.807, 2.05) is 18.2 Å². The normalized spacial score (nSPS) is 23.4. The minimum atomic E-state index is -0.144.